The van der Waals surface area contributed by atoms with Gasteiger partial charge in [0.25, 0.3) is 0 Å². The van der Waals surface area contributed by atoms with E-state index in [1.165, 1.54) is 4.90 Å². The summed E-state index contributed by atoms with van der Waals surface area (Å²) in [7, 11) is 0. The molecule has 3 heteroatoms. The van der Waals surface area contributed by atoms with Crippen molar-refractivity contribution in [1.29, 1.82) is 0 Å². The van der Waals surface area contributed by atoms with Crippen LogP contribution in [-0.2, 0) is 9.59 Å². The monoisotopic (exact) mass is 255 g/mol. The summed E-state index contributed by atoms with van der Waals surface area (Å²) in [5, 5.41) is 0. The van der Waals surface area contributed by atoms with Crippen molar-refractivity contribution >= 4 is 17.5 Å². The van der Waals surface area contributed by atoms with Crippen LogP contribution in [0.3, 0.4) is 0 Å². The van der Waals surface area contributed by atoms with E-state index in [4.69, 9.17) is 0 Å². The number of nitrogens with zero attached hydrogens (tertiary/aromatic N) is 1. The zero-order valence-corrected chi connectivity index (χ0v) is 10.8. The molecule has 0 spiro atoms. The topological polar surface area (TPSA) is 37.4 Å². The molecule has 1 aromatic rings. The highest BCUT2D eigenvalue weighted by Gasteiger charge is 2.58. The van der Waals surface area contributed by atoms with Crippen LogP contribution in [0.15, 0.2) is 30.3 Å². The number of benzene rings is 1. The summed E-state index contributed by atoms with van der Waals surface area (Å²) in [5.74, 6) is 0.937. The fourth-order valence-electron chi connectivity index (χ4n) is 4.40. The molecule has 0 radical (unpaired) electrons. The lowest BCUT2D eigenvalue weighted by Gasteiger charge is -2.42. The van der Waals surface area contributed by atoms with Gasteiger partial charge in [0.15, 0.2) is 0 Å². The molecular weight excluding hydrogens is 238 g/mol. The maximum Gasteiger partial charge on any atom is 0.237 e. The van der Waals surface area contributed by atoms with E-state index in [1.54, 1.807) is 0 Å². The summed E-state index contributed by atoms with van der Waals surface area (Å²) >= 11 is 0. The van der Waals surface area contributed by atoms with Crippen molar-refractivity contribution in [2.45, 2.75) is 25.7 Å². The lowest BCUT2D eigenvalue weighted by Crippen LogP contribution is -2.41. The average Bonchev–Trinajstić information content (AvgIpc) is 2.75. The smallest absolute Gasteiger partial charge is 0.237 e. The van der Waals surface area contributed by atoms with Crippen LogP contribution in [0.1, 0.15) is 25.7 Å². The minimum atomic E-state index is -0.0276. The Bertz CT molecular complexity index is 501. The molecule has 1 saturated heterocycles. The highest BCUT2D eigenvalue weighted by molar-refractivity contribution is 6.22. The van der Waals surface area contributed by atoms with Crippen LogP contribution in [0.5, 0.6) is 0 Å². The van der Waals surface area contributed by atoms with Gasteiger partial charge in [0, 0.05) is 0 Å². The number of amides is 2. The van der Waals surface area contributed by atoms with Gasteiger partial charge in [-0.1, -0.05) is 18.2 Å². The van der Waals surface area contributed by atoms with Crippen LogP contribution < -0.4 is 4.90 Å². The largest absolute Gasteiger partial charge is 0.274 e. The Labute approximate surface area is 112 Å². The summed E-state index contributed by atoms with van der Waals surface area (Å²) < 4.78 is 0. The number of hydrogen-bond donors (Lipinski definition) is 0. The number of imide groups is 1. The summed E-state index contributed by atoms with van der Waals surface area (Å²) in [6, 6.07) is 9.38. The molecule has 3 nitrogen and oxygen atoms in total. The Balaban J connectivity index is 1.76. The summed E-state index contributed by atoms with van der Waals surface area (Å²) in [6.45, 7) is 0. The molecule has 4 aliphatic rings. The first kappa shape index (κ1) is 11.2. The lowest BCUT2D eigenvalue weighted by atomic mass is 9.59. The standard InChI is InChI=1S/C16H17NO2/c18-15-13-10-6-7-11(9-8-10)14(13)16(19)17(15)12-4-2-1-3-5-12/h1-5,10-11,13-14H,6-9H2/t10?,11?,13-,14-/m1/s1. The molecule has 19 heavy (non-hydrogen) atoms. The van der Waals surface area contributed by atoms with Crippen molar-refractivity contribution < 1.29 is 9.59 Å². The highest BCUT2D eigenvalue weighted by Crippen LogP contribution is 2.53. The Morgan fingerprint density at radius 3 is 1.74 bits per heavy atom. The molecule has 0 unspecified atom stereocenters. The molecule has 0 N–H and O–H groups in total. The molecule has 1 aromatic carbocycles. The quantitative estimate of drug-likeness (QED) is 0.723. The van der Waals surface area contributed by atoms with Crippen molar-refractivity contribution in [3.8, 4) is 0 Å². The van der Waals surface area contributed by atoms with Gasteiger partial charge < -0.3 is 0 Å². The van der Waals surface area contributed by atoms with Crippen LogP contribution in [0, 0.1) is 23.7 Å². The van der Waals surface area contributed by atoms with Gasteiger partial charge in [-0.3, -0.25) is 14.5 Å². The SMILES string of the molecule is O=C1[C@@H]2C3CCC(CC3)[C@H]2C(=O)N1c1ccccc1. The zero-order valence-electron chi connectivity index (χ0n) is 10.8. The average molecular weight is 255 g/mol. The Kier molecular flexibility index (Phi) is 2.32. The number of carbonyl (C=O) groups excluding carboxylic acids is 2. The molecule has 2 amide bonds. The molecule has 98 valence electrons. The molecule has 2 atom stereocenters. The second kappa shape index (κ2) is 3.92. The first-order valence-electron chi connectivity index (χ1n) is 7.20. The predicted molar refractivity (Wildman–Crippen MR) is 71.4 cm³/mol. The first-order chi connectivity index (χ1) is 9.27. The van der Waals surface area contributed by atoms with Crippen molar-refractivity contribution in [3.63, 3.8) is 0 Å². The molecule has 1 heterocycles. The Hall–Kier alpha value is -1.64. The van der Waals surface area contributed by atoms with Gasteiger partial charge in [0.1, 0.15) is 0 Å². The third kappa shape index (κ3) is 1.44. The normalized spacial score (nSPS) is 36.7. The maximum absolute atomic E-state index is 12.6. The van der Waals surface area contributed by atoms with Crippen LogP contribution in [0.25, 0.3) is 0 Å². The lowest BCUT2D eigenvalue weighted by molar-refractivity contribution is -0.129. The molecule has 0 aromatic heterocycles. The van der Waals surface area contributed by atoms with E-state index in [0.717, 1.165) is 31.4 Å². The number of fused-ring (bicyclic) bond motifs is 2. The van der Waals surface area contributed by atoms with Crippen LogP contribution in [0.4, 0.5) is 5.69 Å². The summed E-state index contributed by atoms with van der Waals surface area (Å²) in [4.78, 5) is 26.7. The van der Waals surface area contributed by atoms with E-state index in [0.29, 0.717) is 11.8 Å². The number of carbonyl (C=O) groups is 2. The van der Waals surface area contributed by atoms with Gasteiger partial charge in [-0.25, -0.2) is 0 Å². The van der Waals surface area contributed by atoms with Crippen LogP contribution in [-0.4, -0.2) is 11.8 Å². The molecule has 3 aliphatic carbocycles. The van der Waals surface area contributed by atoms with Crippen molar-refractivity contribution in [2.75, 3.05) is 4.90 Å². The van der Waals surface area contributed by atoms with Crippen molar-refractivity contribution in [1.82, 2.24) is 0 Å². The Morgan fingerprint density at radius 2 is 1.26 bits per heavy atom. The zero-order chi connectivity index (χ0) is 13.0. The molecule has 4 fully saturated rings. The number of para-hydroxylation sites is 1. The van der Waals surface area contributed by atoms with E-state index < -0.39 is 0 Å². The number of anilines is 1. The first-order valence-corrected chi connectivity index (χ1v) is 7.20. The van der Waals surface area contributed by atoms with E-state index in [9.17, 15) is 9.59 Å². The van der Waals surface area contributed by atoms with Crippen molar-refractivity contribution in [3.05, 3.63) is 30.3 Å². The minimum Gasteiger partial charge on any atom is -0.274 e. The van der Waals surface area contributed by atoms with E-state index in [-0.39, 0.29) is 23.7 Å². The van der Waals surface area contributed by atoms with Gasteiger partial charge in [-0.15, -0.1) is 0 Å². The maximum atomic E-state index is 12.6. The van der Waals surface area contributed by atoms with Crippen molar-refractivity contribution in [2.24, 2.45) is 23.7 Å². The Morgan fingerprint density at radius 1 is 0.789 bits per heavy atom. The summed E-state index contributed by atoms with van der Waals surface area (Å²) in [6.07, 6.45) is 4.53. The van der Waals surface area contributed by atoms with Gasteiger partial charge in [0.05, 0.1) is 17.5 Å². The molecule has 5 rings (SSSR count). The second-order valence-corrected chi connectivity index (χ2v) is 6.07. The van der Waals surface area contributed by atoms with Crippen LogP contribution >= 0.6 is 0 Å². The molecule has 2 bridgehead atoms. The fourth-order valence-corrected chi connectivity index (χ4v) is 4.40. The molecular formula is C16H17NO2. The number of rotatable bonds is 1. The van der Waals surface area contributed by atoms with Gasteiger partial charge in [-0.2, -0.15) is 0 Å². The summed E-state index contributed by atoms with van der Waals surface area (Å²) in [5.41, 5.74) is 0.742. The van der Waals surface area contributed by atoms with Gasteiger partial charge in [-0.05, 0) is 49.7 Å². The fraction of sp³-hybridized carbons (Fsp3) is 0.500. The van der Waals surface area contributed by atoms with E-state index >= 15 is 0 Å². The van der Waals surface area contributed by atoms with E-state index in [1.807, 2.05) is 30.3 Å². The third-order valence-electron chi connectivity index (χ3n) is 5.24. The molecule has 1 aliphatic heterocycles. The minimum absolute atomic E-state index is 0.0276. The molecule has 3 saturated carbocycles. The van der Waals surface area contributed by atoms with Crippen LogP contribution in [0.2, 0.25) is 0 Å². The third-order valence-corrected chi connectivity index (χ3v) is 5.24. The number of hydrogen-bond acceptors (Lipinski definition) is 2. The predicted octanol–water partition coefficient (Wildman–Crippen LogP) is 2.61. The highest BCUT2D eigenvalue weighted by atomic mass is 16.2. The van der Waals surface area contributed by atoms with E-state index in [2.05, 4.69) is 0 Å². The van der Waals surface area contributed by atoms with Gasteiger partial charge >= 0.3 is 0 Å². The van der Waals surface area contributed by atoms with Gasteiger partial charge in [0.2, 0.25) is 11.8 Å². The second-order valence-electron chi connectivity index (χ2n) is 6.07.